The van der Waals surface area contributed by atoms with Crippen molar-refractivity contribution in [2.24, 2.45) is 0 Å². The Morgan fingerprint density at radius 1 is 1.48 bits per heavy atom. The fourth-order valence-corrected chi connectivity index (χ4v) is 2.44. The minimum atomic E-state index is -0.288. The predicted molar refractivity (Wildman–Crippen MR) is 80.7 cm³/mol. The summed E-state index contributed by atoms with van der Waals surface area (Å²) in [6.45, 7) is 3.17. The Morgan fingerprint density at radius 3 is 3.13 bits per heavy atom. The van der Waals surface area contributed by atoms with Crippen LogP contribution in [0.4, 0.5) is 0 Å². The number of carbonyl (C=O) groups is 1. The number of amides is 1. The van der Waals surface area contributed by atoms with Crippen LogP contribution in [0.25, 0.3) is 0 Å². The summed E-state index contributed by atoms with van der Waals surface area (Å²) in [5.41, 5.74) is 1.12. The summed E-state index contributed by atoms with van der Waals surface area (Å²) in [5, 5.41) is 6.62. The molecule has 1 aliphatic heterocycles. The van der Waals surface area contributed by atoms with Crippen LogP contribution in [0.5, 0.6) is 0 Å². The van der Waals surface area contributed by atoms with Gasteiger partial charge in [-0.3, -0.25) is 9.78 Å². The first kappa shape index (κ1) is 15.6. The summed E-state index contributed by atoms with van der Waals surface area (Å²) in [6.07, 6.45) is 2.33. The van der Waals surface area contributed by atoms with Crippen LogP contribution in [0, 0.1) is 6.92 Å². The van der Waals surface area contributed by atoms with Crippen LogP contribution in [-0.2, 0) is 16.1 Å². The number of nitrogens with one attached hydrogen (secondary N) is 1. The molecule has 2 aromatic heterocycles. The second-order valence-electron chi connectivity index (χ2n) is 5.44. The van der Waals surface area contributed by atoms with Gasteiger partial charge in [0.25, 0.3) is 5.91 Å². The van der Waals surface area contributed by atoms with Crippen LogP contribution in [0.3, 0.4) is 0 Å². The third-order valence-corrected chi connectivity index (χ3v) is 3.64. The van der Waals surface area contributed by atoms with Gasteiger partial charge >= 0.3 is 0 Å². The van der Waals surface area contributed by atoms with Crippen LogP contribution in [0.1, 0.15) is 28.4 Å². The minimum Gasteiger partial charge on any atom is -0.379 e. The van der Waals surface area contributed by atoms with E-state index in [1.165, 1.54) is 0 Å². The van der Waals surface area contributed by atoms with Crippen molar-refractivity contribution in [3.8, 4) is 0 Å². The van der Waals surface area contributed by atoms with Gasteiger partial charge in [0.05, 0.1) is 31.1 Å². The lowest BCUT2D eigenvalue weighted by molar-refractivity contribution is -0.0613. The van der Waals surface area contributed by atoms with Gasteiger partial charge in [0.2, 0.25) is 0 Å². The number of hydrogen-bond acceptors (Lipinski definition) is 6. The van der Waals surface area contributed by atoms with Crippen molar-refractivity contribution in [1.82, 2.24) is 15.5 Å². The summed E-state index contributed by atoms with van der Waals surface area (Å²) in [5.74, 6) is 0.307. The molecule has 0 aliphatic carbocycles. The van der Waals surface area contributed by atoms with Crippen molar-refractivity contribution < 1.29 is 18.8 Å². The number of carbonyl (C=O) groups excluding carboxylic acids is 1. The summed E-state index contributed by atoms with van der Waals surface area (Å²) in [4.78, 5) is 16.4. The highest BCUT2D eigenvalue weighted by molar-refractivity contribution is 5.92. The summed E-state index contributed by atoms with van der Waals surface area (Å²) in [7, 11) is 0. The number of ether oxygens (including phenoxy) is 2. The lowest BCUT2D eigenvalue weighted by atomic mass is 10.1. The molecule has 23 heavy (non-hydrogen) atoms. The third kappa shape index (κ3) is 4.14. The smallest absolute Gasteiger partial charge is 0.273 e. The Kier molecular flexibility index (Phi) is 4.99. The van der Waals surface area contributed by atoms with Crippen molar-refractivity contribution >= 4 is 5.91 Å². The van der Waals surface area contributed by atoms with Gasteiger partial charge in [-0.15, -0.1) is 0 Å². The molecule has 0 bridgehead atoms. The van der Waals surface area contributed by atoms with Gasteiger partial charge in [-0.05, 0) is 25.5 Å². The van der Waals surface area contributed by atoms with Crippen molar-refractivity contribution in [2.45, 2.75) is 32.1 Å². The van der Waals surface area contributed by atoms with E-state index in [-0.39, 0.29) is 23.7 Å². The van der Waals surface area contributed by atoms with Gasteiger partial charge in [0.1, 0.15) is 5.76 Å². The zero-order valence-electron chi connectivity index (χ0n) is 12.9. The van der Waals surface area contributed by atoms with E-state index in [1.807, 2.05) is 18.2 Å². The highest BCUT2D eigenvalue weighted by Crippen LogP contribution is 2.14. The van der Waals surface area contributed by atoms with E-state index in [0.717, 1.165) is 12.1 Å². The summed E-state index contributed by atoms with van der Waals surface area (Å²) in [6, 6.07) is 7.06. The molecule has 122 valence electrons. The van der Waals surface area contributed by atoms with Crippen molar-refractivity contribution in [1.29, 1.82) is 0 Å². The quantitative estimate of drug-likeness (QED) is 0.899. The molecule has 1 aliphatic rings. The SMILES string of the molecule is Cc1cc(C(=O)N[C@@H]2COCC[C@H]2OCc2ccccn2)no1. The van der Waals surface area contributed by atoms with Crippen LogP contribution < -0.4 is 5.32 Å². The Hall–Kier alpha value is -2.25. The number of hydrogen-bond donors (Lipinski definition) is 1. The van der Waals surface area contributed by atoms with Crippen molar-refractivity contribution in [2.75, 3.05) is 13.2 Å². The molecular weight excluding hydrogens is 298 g/mol. The zero-order chi connectivity index (χ0) is 16.1. The Bertz CT molecular complexity index is 644. The molecule has 0 unspecified atom stereocenters. The molecule has 1 amide bonds. The van der Waals surface area contributed by atoms with Crippen LogP contribution >= 0.6 is 0 Å². The molecule has 0 radical (unpaired) electrons. The molecular formula is C16H19N3O4. The molecule has 1 saturated heterocycles. The van der Waals surface area contributed by atoms with Gasteiger partial charge in [0.15, 0.2) is 5.69 Å². The summed E-state index contributed by atoms with van der Waals surface area (Å²) < 4.78 is 16.3. The Balaban J connectivity index is 1.58. The topological polar surface area (TPSA) is 86.5 Å². The van der Waals surface area contributed by atoms with E-state index >= 15 is 0 Å². The molecule has 0 aromatic carbocycles. The second kappa shape index (κ2) is 7.34. The first-order valence-electron chi connectivity index (χ1n) is 7.56. The molecule has 1 fully saturated rings. The second-order valence-corrected chi connectivity index (χ2v) is 5.44. The maximum atomic E-state index is 12.2. The zero-order valence-corrected chi connectivity index (χ0v) is 12.9. The van der Waals surface area contributed by atoms with E-state index in [9.17, 15) is 4.79 Å². The molecule has 1 N–H and O–H groups in total. The van der Waals surface area contributed by atoms with Crippen molar-refractivity contribution in [3.05, 3.63) is 47.6 Å². The van der Waals surface area contributed by atoms with E-state index in [2.05, 4.69) is 15.5 Å². The van der Waals surface area contributed by atoms with E-state index in [0.29, 0.717) is 25.6 Å². The molecule has 3 heterocycles. The lowest BCUT2D eigenvalue weighted by Crippen LogP contribution is -2.50. The fraction of sp³-hybridized carbons (Fsp3) is 0.438. The molecule has 2 aromatic rings. The number of rotatable bonds is 5. The van der Waals surface area contributed by atoms with E-state index in [4.69, 9.17) is 14.0 Å². The highest BCUT2D eigenvalue weighted by Gasteiger charge is 2.29. The molecule has 2 atom stereocenters. The number of pyridine rings is 1. The van der Waals surface area contributed by atoms with Gasteiger partial charge in [-0.25, -0.2) is 0 Å². The number of nitrogens with zero attached hydrogens (tertiary/aromatic N) is 2. The van der Waals surface area contributed by atoms with E-state index < -0.39 is 0 Å². The largest absolute Gasteiger partial charge is 0.379 e. The van der Waals surface area contributed by atoms with E-state index in [1.54, 1.807) is 19.2 Å². The van der Waals surface area contributed by atoms with Crippen LogP contribution in [-0.4, -0.2) is 41.4 Å². The fourth-order valence-electron chi connectivity index (χ4n) is 2.44. The van der Waals surface area contributed by atoms with Gasteiger partial charge < -0.3 is 19.3 Å². The average Bonchev–Trinajstić information content (AvgIpc) is 3.02. The summed E-state index contributed by atoms with van der Waals surface area (Å²) >= 11 is 0. The highest BCUT2D eigenvalue weighted by atomic mass is 16.5. The Labute approximate surface area is 134 Å². The van der Waals surface area contributed by atoms with Gasteiger partial charge in [-0.1, -0.05) is 11.2 Å². The van der Waals surface area contributed by atoms with Gasteiger partial charge in [0, 0.05) is 18.9 Å². The van der Waals surface area contributed by atoms with Crippen molar-refractivity contribution in [3.63, 3.8) is 0 Å². The normalized spacial score (nSPS) is 21.1. The lowest BCUT2D eigenvalue weighted by Gasteiger charge is -2.31. The predicted octanol–water partition coefficient (Wildman–Crippen LogP) is 1.48. The molecule has 3 rings (SSSR count). The number of aryl methyl sites for hydroxylation is 1. The molecule has 0 spiro atoms. The molecule has 7 heteroatoms. The molecule has 7 nitrogen and oxygen atoms in total. The maximum Gasteiger partial charge on any atom is 0.273 e. The van der Waals surface area contributed by atoms with Crippen LogP contribution in [0.2, 0.25) is 0 Å². The van der Waals surface area contributed by atoms with Crippen LogP contribution in [0.15, 0.2) is 35.0 Å². The first-order chi connectivity index (χ1) is 11.2. The molecule has 0 saturated carbocycles. The average molecular weight is 317 g/mol. The minimum absolute atomic E-state index is 0.122. The standard InChI is InChI=1S/C16H19N3O4/c1-11-8-13(19-23-11)16(20)18-14-10-21-7-5-15(14)22-9-12-4-2-3-6-17-12/h2-4,6,8,14-15H,5,7,9-10H2,1H3,(H,18,20)/t14-,15-/m1/s1. The Morgan fingerprint density at radius 2 is 2.39 bits per heavy atom. The maximum absolute atomic E-state index is 12.2. The van der Waals surface area contributed by atoms with Gasteiger partial charge in [-0.2, -0.15) is 0 Å². The first-order valence-corrected chi connectivity index (χ1v) is 7.56. The monoisotopic (exact) mass is 317 g/mol. The number of aromatic nitrogens is 2. The third-order valence-electron chi connectivity index (χ3n) is 3.64.